The summed E-state index contributed by atoms with van der Waals surface area (Å²) in [5, 5.41) is 0. The van der Waals surface area contributed by atoms with Gasteiger partial charge in [0.05, 0.1) is 7.11 Å². The molecule has 0 fully saturated rings. The van der Waals surface area contributed by atoms with Crippen molar-refractivity contribution >= 4 is 18.0 Å². The highest BCUT2D eigenvalue weighted by atomic mass is 16.6. The lowest BCUT2D eigenvalue weighted by Crippen LogP contribution is -2.27. The van der Waals surface area contributed by atoms with E-state index in [0.717, 1.165) is 5.56 Å². The molecule has 0 N–H and O–H groups in total. The summed E-state index contributed by atoms with van der Waals surface area (Å²) < 4.78 is 15.0. The van der Waals surface area contributed by atoms with Crippen LogP contribution in [0.4, 0.5) is 0 Å². The van der Waals surface area contributed by atoms with Crippen LogP contribution in [0.1, 0.15) is 26.3 Å². The first-order valence-corrected chi connectivity index (χ1v) is 6.51. The molecule has 21 heavy (non-hydrogen) atoms. The van der Waals surface area contributed by atoms with Gasteiger partial charge in [0.25, 0.3) is 0 Å². The first-order valence-electron chi connectivity index (χ1n) is 6.51. The van der Waals surface area contributed by atoms with Gasteiger partial charge in [-0.2, -0.15) is 0 Å². The highest BCUT2D eigenvalue weighted by Gasteiger charge is 2.16. The molecule has 1 aromatic rings. The number of benzene rings is 1. The van der Waals surface area contributed by atoms with Crippen molar-refractivity contribution in [1.82, 2.24) is 0 Å². The molecule has 0 spiro atoms. The Hall–Kier alpha value is -2.30. The highest BCUT2D eigenvalue weighted by molar-refractivity contribution is 5.86. The molecule has 114 valence electrons. The summed E-state index contributed by atoms with van der Waals surface area (Å²) in [5.74, 6) is -0.346. The zero-order valence-corrected chi connectivity index (χ0v) is 12.7. The Bertz CT molecular complexity index is 526. The van der Waals surface area contributed by atoms with E-state index in [4.69, 9.17) is 9.47 Å². The van der Waals surface area contributed by atoms with Crippen LogP contribution in [-0.2, 0) is 19.1 Å². The second-order valence-corrected chi connectivity index (χ2v) is 5.30. The molecule has 0 aromatic heterocycles. The summed E-state index contributed by atoms with van der Waals surface area (Å²) in [6, 6.07) is 7.00. The lowest BCUT2D eigenvalue weighted by atomic mass is 10.2. The SMILES string of the molecule is COC(=O)/C=C/c1cccc(OCC(=O)OC(C)(C)C)c1. The van der Waals surface area contributed by atoms with Crippen molar-refractivity contribution in [3.05, 3.63) is 35.9 Å². The first-order chi connectivity index (χ1) is 9.80. The summed E-state index contributed by atoms with van der Waals surface area (Å²) in [7, 11) is 1.31. The van der Waals surface area contributed by atoms with E-state index < -0.39 is 17.5 Å². The van der Waals surface area contributed by atoms with Crippen molar-refractivity contribution < 1.29 is 23.8 Å². The van der Waals surface area contributed by atoms with E-state index in [9.17, 15) is 9.59 Å². The van der Waals surface area contributed by atoms with Crippen LogP contribution < -0.4 is 4.74 Å². The van der Waals surface area contributed by atoms with E-state index in [1.165, 1.54) is 13.2 Å². The molecule has 0 aliphatic carbocycles. The third-order valence-electron chi connectivity index (χ3n) is 2.25. The van der Waals surface area contributed by atoms with Gasteiger partial charge in [-0.3, -0.25) is 0 Å². The molecule has 0 saturated carbocycles. The molecule has 0 amide bonds. The zero-order valence-electron chi connectivity index (χ0n) is 12.7. The lowest BCUT2D eigenvalue weighted by Gasteiger charge is -2.19. The normalized spacial score (nSPS) is 11.2. The molecule has 5 nitrogen and oxygen atoms in total. The molecule has 0 aliphatic heterocycles. The summed E-state index contributed by atoms with van der Waals surface area (Å²) in [6.45, 7) is 5.22. The van der Waals surface area contributed by atoms with Crippen LogP contribution in [0.25, 0.3) is 6.08 Å². The standard InChI is InChI=1S/C16H20O5/c1-16(2,3)21-15(18)11-20-13-7-5-6-12(10-13)8-9-14(17)19-4/h5-10H,11H2,1-4H3/b9-8+. The molecular weight excluding hydrogens is 272 g/mol. The van der Waals surface area contributed by atoms with Gasteiger partial charge in [-0.1, -0.05) is 12.1 Å². The molecule has 0 aliphatic rings. The maximum absolute atomic E-state index is 11.5. The molecule has 5 heteroatoms. The average Bonchev–Trinajstić information content (AvgIpc) is 2.41. The second-order valence-electron chi connectivity index (χ2n) is 5.30. The van der Waals surface area contributed by atoms with Gasteiger partial charge in [0, 0.05) is 6.08 Å². The fraction of sp³-hybridized carbons (Fsp3) is 0.375. The van der Waals surface area contributed by atoms with Gasteiger partial charge in [-0.15, -0.1) is 0 Å². The molecule has 0 radical (unpaired) electrons. The monoisotopic (exact) mass is 292 g/mol. The van der Waals surface area contributed by atoms with E-state index in [2.05, 4.69) is 4.74 Å². The number of carbonyl (C=O) groups is 2. The predicted octanol–water partition coefficient (Wildman–Crippen LogP) is 2.59. The molecule has 0 unspecified atom stereocenters. The van der Waals surface area contributed by atoms with Crippen LogP contribution in [0.5, 0.6) is 5.75 Å². The number of rotatable bonds is 5. The number of carbonyl (C=O) groups excluding carboxylic acids is 2. The smallest absolute Gasteiger partial charge is 0.344 e. The first kappa shape index (κ1) is 16.8. The molecule has 0 atom stereocenters. The third-order valence-corrected chi connectivity index (χ3v) is 2.25. The number of methoxy groups -OCH3 is 1. The molecule has 1 rings (SSSR count). The number of ether oxygens (including phenoxy) is 3. The van der Waals surface area contributed by atoms with E-state index in [1.807, 2.05) is 0 Å². The number of hydrogen-bond acceptors (Lipinski definition) is 5. The quantitative estimate of drug-likeness (QED) is 0.616. The molecular formula is C16H20O5. The largest absolute Gasteiger partial charge is 0.482 e. The molecule has 0 saturated heterocycles. The average molecular weight is 292 g/mol. The van der Waals surface area contributed by atoms with Crippen LogP contribution in [0.3, 0.4) is 0 Å². The van der Waals surface area contributed by atoms with Crippen LogP contribution in [-0.4, -0.2) is 31.3 Å². The topological polar surface area (TPSA) is 61.8 Å². The Morgan fingerprint density at radius 1 is 1.24 bits per heavy atom. The fourth-order valence-electron chi connectivity index (χ4n) is 1.45. The van der Waals surface area contributed by atoms with Crippen LogP contribution in [0.2, 0.25) is 0 Å². The van der Waals surface area contributed by atoms with E-state index in [-0.39, 0.29) is 6.61 Å². The molecule has 0 bridgehead atoms. The molecule has 1 aromatic carbocycles. The number of hydrogen-bond donors (Lipinski definition) is 0. The minimum atomic E-state index is -0.536. The Morgan fingerprint density at radius 2 is 1.95 bits per heavy atom. The zero-order chi connectivity index (χ0) is 15.9. The Labute approximate surface area is 124 Å². The van der Waals surface area contributed by atoms with Gasteiger partial charge in [-0.05, 0) is 44.5 Å². The van der Waals surface area contributed by atoms with E-state index in [0.29, 0.717) is 5.75 Å². The van der Waals surface area contributed by atoms with Crippen LogP contribution in [0, 0.1) is 0 Å². The summed E-state index contributed by atoms with van der Waals surface area (Å²) in [4.78, 5) is 22.6. The second kappa shape index (κ2) is 7.47. The number of esters is 2. The fourth-order valence-corrected chi connectivity index (χ4v) is 1.45. The lowest BCUT2D eigenvalue weighted by molar-refractivity contribution is -0.157. The predicted molar refractivity (Wildman–Crippen MR) is 78.8 cm³/mol. The third kappa shape index (κ3) is 7.15. The van der Waals surface area contributed by atoms with Crippen molar-refractivity contribution in [2.75, 3.05) is 13.7 Å². The highest BCUT2D eigenvalue weighted by Crippen LogP contribution is 2.15. The Kier molecular flexibility index (Phi) is 5.96. The Morgan fingerprint density at radius 3 is 2.57 bits per heavy atom. The van der Waals surface area contributed by atoms with Crippen molar-refractivity contribution in [2.24, 2.45) is 0 Å². The van der Waals surface area contributed by atoms with Gasteiger partial charge in [-0.25, -0.2) is 9.59 Å². The van der Waals surface area contributed by atoms with Crippen molar-refractivity contribution in [2.45, 2.75) is 26.4 Å². The van der Waals surface area contributed by atoms with Crippen LogP contribution in [0.15, 0.2) is 30.3 Å². The van der Waals surface area contributed by atoms with E-state index >= 15 is 0 Å². The van der Waals surface area contributed by atoms with Gasteiger partial charge in [0.15, 0.2) is 6.61 Å². The van der Waals surface area contributed by atoms with Gasteiger partial charge < -0.3 is 14.2 Å². The van der Waals surface area contributed by atoms with Crippen molar-refractivity contribution in [3.63, 3.8) is 0 Å². The maximum atomic E-state index is 11.5. The summed E-state index contributed by atoms with van der Waals surface area (Å²) in [5.41, 5.74) is 0.230. The Balaban J connectivity index is 2.59. The maximum Gasteiger partial charge on any atom is 0.344 e. The molecule has 0 heterocycles. The van der Waals surface area contributed by atoms with Gasteiger partial charge in [0.2, 0.25) is 0 Å². The van der Waals surface area contributed by atoms with Gasteiger partial charge >= 0.3 is 11.9 Å². The van der Waals surface area contributed by atoms with Crippen LogP contribution >= 0.6 is 0 Å². The minimum Gasteiger partial charge on any atom is -0.482 e. The minimum absolute atomic E-state index is 0.165. The summed E-state index contributed by atoms with van der Waals surface area (Å²) >= 11 is 0. The van der Waals surface area contributed by atoms with Crippen molar-refractivity contribution in [1.29, 1.82) is 0 Å². The van der Waals surface area contributed by atoms with Gasteiger partial charge in [0.1, 0.15) is 11.4 Å². The van der Waals surface area contributed by atoms with Crippen molar-refractivity contribution in [3.8, 4) is 5.75 Å². The summed E-state index contributed by atoms with van der Waals surface area (Å²) in [6.07, 6.45) is 2.92. The van der Waals surface area contributed by atoms with E-state index in [1.54, 1.807) is 51.1 Å².